The lowest BCUT2D eigenvalue weighted by molar-refractivity contribution is 0.0602. The van der Waals surface area contributed by atoms with Crippen molar-refractivity contribution in [3.8, 4) is 0 Å². The van der Waals surface area contributed by atoms with Crippen LogP contribution in [0.5, 0.6) is 0 Å². The van der Waals surface area contributed by atoms with E-state index in [1.165, 1.54) is 25.0 Å². The first kappa shape index (κ1) is 14.0. The number of β-amino-alcohol motifs (C(OH)–C–C–N with tert-alkyl or cyclic N) is 1. The van der Waals surface area contributed by atoms with Gasteiger partial charge in [-0.3, -0.25) is 9.80 Å². The van der Waals surface area contributed by atoms with E-state index in [2.05, 4.69) is 9.80 Å². The second-order valence-electron chi connectivity index (χ2n) is 6.11. The van der Waals surface area contributed by atoms with Gasteiger partial charge in [-0.25, -0.2) is 4.39 Å². The van der Waals surface area contributed by atoms with Crippen molar-refractivity contribution in [1.82, 2.24) is 9.80 Å². The SMILES string of the molecule is O[C@H](CN1CCN(Cc2ccc(F)cc2)CC1)C1CC1. The van der Waals surface area contributed by atoms with Gasteiger partial charge in [0.15, 0.2) is 0 Å². The van der Waals surface area contributed by atoms with Crippen LogP contribution in [0.15, 0.2) is 24.3 Å². The van der Waals surface area contributed by atoms with Crippen molar-refractivity contribution < 1.29 is 9.50 Å². The zero-order valence-electron chi connectivity index (χ0n) is 11.8. The molecule has 4 heteroatoms. The van der Waals surface area contributed by atoms with Gasteiger partial charge in [0.05, 0.1) is 6.10 Å². The van der Waals surface area contributed by atoms with Crippen LogP contribution in [0.3, 0.4) is 0 Å². The Balaban J connectivity index is 1.42. The molecule has 1 aromatic carbocycles. The van der Waals surface area contributed by atoms with Gasteiger partial charge in [-0.05, 0) is 36.5 Å². The standard InChI is InChI=1S/C16H23FN2O/c17-15-5-1-13(2-6-15)11-18-7-9-19(10-8-18)12-16(20)14-3-4-14/h1-2,5-6,14,16,20H,3-4,7-12H2/t16-/m1/s1. The van der Waals surface area contributed by atoms with Gasteiger partial charge in [0.1, 0.15) is 5.82 Å². The summed E-state index contributed by atoms with van der Waals surface area (Å²) >= 11 is 0. The van der Waals surface area contributed by atoms with Crippen LogP contribution in [0.1, 0.15) is 18.4 Å². The van der Waals surface area contributed by atoms with E-state index >= 15 is 0 Å². The summed E-state index contributed by atoms with van der Waals surface area (Å²) in [6.45, 7) is 5.80. The lowest BCUT2D eigenvalue weighted by Gasteiger charge is -2.35. The van der Waals surface area contributed by atoms with Crippen LogP contribution in [0, 0.1) is 11.7 Å². The fourth-order valence-corrected chi connectivity index (χ4v) is 2.87. The van der Waals surface area contributed by atoms with Crippen LogP contribution < -0.4 is 0 Å². The quantitative estimate of drug-likeness (QED) is 0.888. The molecule has 1 aromatic rings. The number of hydrogen-bond donors (Lipinski definition) is 1. The first-order valence-corrected chi connectivity index (χ1v) is 7.58. The Kier molecular flexibility index (Phi) is 4.34. The van der Waals surface area contributed by atoms with Gasteiger partial charge in [-0.15, -0.1) is 0 Å². The highest BCUT2D eigenvalue weighted by Crippen LogP contribution is 2.32. The van der Waals surface area contributed by atoms with Crippen molar-refractivity contribution in [1.29, 1.82) is 0 Å². The molecule has 2 fully saturated rings. The summed E-state index contributed by atoms with van der Waals surface area (Å²) in [5.41, 5.74) is 1.16. The molecule has 3 nitrogen and oxygen atoms in total. The van der Waals surface area contributed by atoms with Gasteiger partial charge >= 0.3 is 0 Å². The number of halogens is 1. The van der Waals surface area contributed by atoms with Crippen molar-refractivity contribution in [2.45, 2.75) is 25.5 Å². The molecule has 0 radical (unpaired) electrons. The first-order chi connectivity index (χ1) is 9.70. The van der Waals surface area contributed by atoms with Crippen LogP contribution in [0.4, 0.5) is 4.39 Å². The van der Waals surface area contributed by atoms with Crippen molar-refractivity contribution in [3.63, 3.8) is 0 Å². The predicted octanol–water partition coefficient (Wildman–Crippen LogP) is 1.71. The van der Waals surface area contributed by atoms with E-state index in [9.17, 15) is 9.50 Å². The van der Waals surface area contributed by atoms with E-state index in [-0.39, 0.29) is 11.9 Å². The topological polar surface area (TPSA) is 26.7 Å². The summed E-state index contributed by atoms with van der Waals surface area (Å²) < 4.78 is 12.9. The summed E-state index contributed by atoms with van der Waals surface area (Å²) in [7, 11) is 0. The van der Waals surface area contributed by atoms with Gasteiger partial charge < -0.3 is 5.11 Å². The molecule has 3 rings (SSSR count). The summed E-state index contributed by atoms with van der Waals surface area (Å²) in [6, 6.07) is 6.77. The molecule has 110 valence electrons. The smallest absolute Gasteiger partial charge is 0.123 e. The molecule has 1 saturated heterocycles. The fourth-order valence-electron chi connectivity index (χ4n) is 2.87. The Morgan fingerprint density at radius 3 is 2.25 bits per heavy atom. The van der Waals surface area contributed by atoms with Crippen LogP contribution >= 0.6 is 0 Å². The number of nitrogens with zero attached hydrogens (tertiary/aromatic N) is 2. The molecule has 0 spiro atoms. The molecular weight excluding hydrogens is 255 g/mol. The number of aliphatic hydroxyl groups excluding tert-OH is 1. The molecule has 1 atom stereocenters. The molecule has 1 aliphatic heterocycles. The Morgan fingerprint density at radius 2 is 1.65 bits per heavy atom. The molecular formula is C16H23FN2O. The lowest BCUT2D eigenvalue weighted by atomic mass is 10.1. The third kappa shape index (κ3) is 3.78. The normalized spacial score (nSPS) is 22.9. The third-order valence-electron chi connectivity index (χ3n) is 4.40. The maximum atomic E-state index is 12.9. The first-order valence-electron chi connectivity index (χ1n) is 7.58. The van der Waals surface area contributed by atoms with Crippen LogP contribution in [-0.4, -0.2) is 53.7 Å². The lowest BCUT2D eigenvalue weighted by Crippen LogP contribution is -2.48. The molecule has 1 heterocycles. The number of aliphatic hydroxyl groups is 1. The van der Waals surface area contributed by atoms with E-state index in [4.69, 9.17) is 0 Å². The Labute approximate surface area is 120 Å². The number of rotatable bonds is 5. The highest BCUT2D eigenvalue weighted by atomic mass is 19.1. The third-order valence-corrected chi connectivity index (χ3v) is 4.40. The predicted molar refractivity (Wildman–Crippen MR) is 76.8 cm³/mol. The monoisotopic (exact) mass is 278 g/mol. The molecule has 1 N–H and O–H groups in total. The maximum absolute atomic E-state index is 12.9. The van der Waals surface area contributed by atoms with E-state index < -0.39 is 0 Å². The number of hydrogen-bond acceptors (Lipinski definition) is 3. The second kappa shape index (κ2) is 6.20. The van der Waals surface area contributed by atoms with Crippen molar-refractivity contribution in [3.05, 3.63) is 35.6 Å². The van der Waals surface area contributed by atoms with Gasteiger partial charge in [0, 0.05) is 39.3 Å². The van der Waals surface area contributed by atoms with Crippen LogP contribution in [0.2, 0.25) is 0 Å². The van der Waals surface area contributed by atoms with Gasteiger partial charge in [0.2, 0.25) is 0 Å². The Bertz CT molecular complexity index is 425. The minimum atomic E-state index is -0.173. The van der Waals surface area contributed by atoms with E-state index in [1.807, 2.05) is 12.1 Å². The number of benzene rings is 1. The van der Waals surface area contributed by atoms with Gasteiger partial charge in [-0.1, -0.05) is 12.1 Å². The molecule has 2 aliphatic rings. The highest BCUT2D eigenvalue weighted by Gasteiger charge is 2.31. The molecule has 20 heavy (non-hydrogen) atoms. The fraction of sp³-hybridized carbons (Fsp3) is 0.625. The Morgan fingerprint density at radius 1 is 1.05 bits per heavy atom. The average molecular weight is 278 g/mol. The van der Waals surface area contributed by atoms with E-state index in [0.29, 0.717) is 5.92 Å². The summed E-state index contributed by atoms with van der Waals surface area (Å²) in [4.78, 5) is 4.76. The van der Waals surface area contributed by atoms with Crippen molar-refractivity contribution in [2.75, 3.05) is 32.7 Å². The van der Waals surface area contributed by atoms with Crippen molar-refractivity contribution >= 4 is 0 Å². The molecule has 0 amide bonds. The minimum Gasteiger partial charge on any atom is -0.392 e. The minimum absolute atomic E-state index is 0.126. The van der Waals surface area contributed by atoms with E-state index in [1.54, 1.807) is 0 Å². The summed E-state index contributed by atoms with van der Waals surface area (Å²) in [5, 5.41) is 9.98. The summed E-state index contributed by atoms with van der Waals surface area (Å²) in [5.74, 6) is 0.389. The molecule has 0 bridgehead atoms. The van der Waals surface area contributed by atoms with Crippen LogP contribution in [0.25, 0.3) is 0 Å². The largest absolute Gasteiger partial charge is 0.392 e. The molecule has 1 aliphatic carbocycles. The zero-order valence-corrected chi connectivity index (χ0v) is 11.8. The Hall–Kier alpha value is -0.970. The number of piperazine rings is 1. The maximum Gasteiger partial charge on any atom is 0.123 e. The second-order valence-corrected chi connectivity index (χ2v) is 6.11. The highest BCUT2D eigenvalue weighted by molar-refractivity contribution is 5.15. The van der Waals surface area contributed by atoms with Gasteiger partial charge in [-0.2, -0.15) is 0 Å². The molecule has 1 saturated carbocycles. The van der Waals surface area contributed by atoms with Gasteiger partial charge in [0.25, 0.3) is 0 Å². The van der Waals surface area contributed by atoms with Crippen molar-refractivity contribution in [2.24, 2.45) is 5.92 Å². The van der Waals surface area contributed by atoms with E-state index in [0.717, 1.165) is 44.8 Å². The zero-order chi connectivity index (χ0) is 13.9. The molecule has 0 aromatic heterocycles. The molecule has 0 unspecified atom stereocenters. The van der Waals surface area contributed by atoms with Crippen LogP contribution in [-0.2, 0) is 6.54 Å². The average Bonchev–Trinajstić information content (AvgIpc) is 3.28. The summed E-state index contributed by atoms with van der Waals surface area (Å²) in [6.07, 6.45) is 2.27.